The molecular weight excluding hydrogens is 226 g/mol. The summed E-state index contributed by atoms with van der Waals surface area (Å²) in [6.07, 6.45) is 5.51. The van der Waals surface area contributed by atoms with E-state index in [2.05, 4.69) is 14.9 Å². The second-order valence-electron chi connectivity index (χ2n) is 4.51. The van der Waals surface area contributed by atoms with E-state index < -0.39 is 0 Å². The molecule has 2 fully saturated rings. The number of piperidine rings is 1. The highest BCUT2D eigenvalue weighted by molar-refractivity contribution is 6.32. The molecule has 0 radical (unpaired) electrons. The van der Waals surface area contributed by atoms with Gasteiger partial charge in [-0.2, -0.15) is 4.98 Å². The lowest BCUT2D eigenvalue weighted by atomic mass is 10.1. The number of fused-ring (bicyclic) bond motifs is 2. The van der Waals surface area contributed by atoms with Crippen LogP contribution < -0.4 is 9.64 Å². The quantitative estimate of drug-likeness (QED) is 0.793. The zero-order chi connectivity index (χ0) is 11.1. The zero-order valence-corrected chi connectivity index (χ0v) is 9.94. The standard InChI is InChI=1S/C11H14ClN3O/c1-16-11-13-5-9(12)10(14-11)15-6-7-2-3-8(15)4-7/h5,7-8H,2-4,6H2,1H3. The Labute approximate surface area is 99.6 Å². The van der Waals surface area contributed by atoms with Crippen molar-refractivity contribution in [2.75, 3.05) is 18.6 Å². The molecule has 4 nitrogen and oxygen atoms in total. The summed E-state index contributed by atoms with van der Waals surface area (Å²) >= 11 is 6.15. The number of nitrogens with zero attached hydrogens (tertiary/aromatic N) is 3. The Bertz CT molecular complexity index is 412. The van der Waals surface area contributed by atoms with Gasteiger partial charge in [-0.1, -0.05) is 11.6 Å². The number of anilines is 1. The lowest BCUT2D eigenvalue weighted by Crippen LogP contribution is -2.32. The highest BCUT2D eigenvalue weighted by Crippen LogP contribution is 2.41. The van der Waals surface area contributed by atoms with Gasteiger partial charge in [-0.3, -0.25) is 0 Å². The number of ether oxygens (including phenoxy) is 1. The molecule has 0 amide bonds. The largest absolute Gasteiger partial charge is 0.467 e. The van der Waals surface area contributed by atoms with Crippen LogP contribution in [0.3, 0.4) is 0 Å². The monoisotopic (exact) mass is 239 g/mol. The maximum atomic E-state index is 6.15. The smallest absolute Gasteiger partial charge is 0.318 e. The average Bonchev–Trinajstić information content (AvgIpc) is 2.91. The van der Waals surface area contributed by atoms with Crippen molar-refractivity contribution in [3.05, 3.63) is 11.2 Å². The van der Waals surface area contributed by atoms with Crippen molar-refractivity contribution in [1.29, 1.82) is 0 Å². The Morgan fingerprint density at radius 2 is 2.38 bits per heavy atom. The summed E-state index contributed by atoms with van der Waals surface area (Å²) in [6.45, 7) is 1.07. The fourth-order valence-corrected chi connectivity index (χ4v) is 3.03. The summed E-state index contributed by atoms with van der Waals surface area (Å²) in [4.78, 5) is 10.7. The minimum absolute atomic E-state index is 0.391. The highest BCUT2D eigenvalue weighted by atomic mass is 35.5. The average molecular weight is 240 g/mol. The van der Waals surface area contributed by atoms with Crippen molar-refractivity contribution in [2.24, 2.45) is 5.92 Å². The van der Waals surface area contributed by atoms with Crippen LogP contribution in [0.15, 0.2) is 6.20 Å². The number of hydrogen-bond acceptors (Lipinski definition) is 4. The van der Waals surface area contributed by atoms with Crippen molar-refractivity contribution in [3.63, 3.8) is 0 Å². The summed E-state index contributed by atoms with van der Waals surface area (Å²) in [6, 6.07) is 1.00. The van der Waals surface area contributed by atoms with Gasteiger partial charge >= 0.3 is 6.01 Å². The van der Waals surface area contributed by atoms with E-state index in [9.17, 15) is 0 Å². The Morgan fingerprint density at radius 1 is 1.50 bits per heavy atom. The molecule has 2 unspecified atom stereocenters. The van der Waals surface area contributed by atoms with Gasteiger partial charge in [0.15, 0.2) is 5.82 Å². The summed E-state index contributed by atoms with van der Waals surface area (Å²) in [5.74, 6) is 1.66. The summed E-state index contributed by atoms with van der Waals surface area (Å²) in [5, 5.41) is 0.619. The molecule has 1 saturated carbocycles. The lowest BCUT2D eigenvalue weighted by molar-refractivity contribution is 0.379. The van der Waals surface area contributed by atoms with Gasteiger partial charge in [0.2, 0.25) is 0 Å². The van der Waals surface area contributed by atoms with Crippen LogP contribution in [0.5, 0.6) is 6.01 Å². The number of hydrogen-bond donors (Lipinski definition) is 0. The molecule has 0 spiro atoms. The second kappa shape index (κ2) is 3.77. The molecule has 2 aliphatic rings. The summed E-state index contributed by atoms with van der Waals surface area (Å²) in [5.41, 5.74) is 0. The number of halogens is 1. The van der Waals surface area contributed by atoms with Gasteiger partial charge in [-0.15, -0.1) is 0 Å². The first-order valence-corrected chi connectivity index (χ1v) is 5.99. The number of aromatic nitrogens is 2. The Balaban J connectivity index is 1.93. The molecule has 1 aromatic heterocycles. The van der Waals surface area contributed by atoms with Crippen molar-refractivity contribution < 1.29 is 4.74 Å². The number of rotatable bonds is 2. The molecule has 86 valence electrons. The molecule has 0 N–H and O–H groups in total. The zero-order valence-electron chi connectivity index (χ0n) is 9.19. The first-order valence-electron chi connectivity index (χ1n) is 5.61. The Morgan fingerprint density at radius 3 is 3.00 bits per heavy atom. The maximum Gasteiger partial charge on any atom is 0.318 e. The number of methoxy groups -OCH3 is 1. The van der Waals surface area contributed by atoms with Crippen molar-refractivity contribution in [1.82, 2.24) is 9.97 Å². The molecule has 2 heterocycles. The molecule has 5 heteroatoms. The third-order valence-corrected chi connectivity index (χ3v) is 3.83. The van der Waals surface area contributed by atoms with Gasteiger partial charge in [-0.25, -0.2) is 4.98 Å². The van der Waals surface area contributed by atoms with Crippen molar-refractivity contribution in [3.8, 4) is 6.01 Å². The fourth-order valence-electron chi connectivity index (χ4n) is 2.83. The first-order chi connectivity index (χ1) is 7.78. The first kappa shape index (κ1) is 10.1. The Hall–Kier alpha value is -1.03. The molecule has 3 rings (SSSR count). The fraction of sp³-hybridized carbons (Fsp3) is 0.636. The molecule has 1 aliphatic carbocycles. The van der Waals surface area contributed by atoms with E-state index in [1.807, 2.05) is 0 Å². The third-order valence-electron chi connectivity index (χ3n) is 3.57. The van der Waals surface area contributed by atoms with E-state index in [1.165, 1.54) is 19.3 Å². The SMILES string of the molecule is COc1ncc(Cl)c(N2CC3CCC2C3)n1. The molecule has 0 aromatic carbocycles. The third kappa shape index (κ3) is 1.52. The molecule has 2 bridgehead atoms. The predicted molar refractivity (Wildman–Crippen MR) is 62.1 cm³/mol. The van der Waals surface area contributed by atoms with Crippen LogP contribution in [-0.2, 0) is 0 Å². The topological polar surface area (TPSA) is 38.2 Å². The van der Waals surface area contributed by atoms with Crippen LogP contribution in [0.1, 0.15) is 19.3 Å². The van der Waals surface area contributed by atoms with E-state index in [4.69, 9.17) is 16.3 Å². The second-order valence-corrected chi connectivity index (χ2v) is 4.92. The van der Waals surface area contributed by atoms with Gasteiger partial charge in [0.25, 0.3) is 0 Å². The maximum absolute atomic E-state index is 6.15. The van der Waals surface area contributed by atoms with Crippen LogP contribution >= 0.6 is 11.6 Å². The van der Waals surface area contributed by atoms with E-state index in [-0.39, 0.29) is 0 Å². The lowest BCUT2D eigenvalue weighted by Gasteiger charge is -2.28. The van der Waals surface area contributed by atoms with Crippen molar-refractivity contribution >= 4 is 17.4 Å². The van der Waals surface area contributed by atoms with Crippen LogP contribution in [-0.4, -0.2) is 29.7 Å². The molecule has 16 heavy (non-hydrogen) atoms. The van der Waals surface area contributed by atoms with Gasteiger partial charge in [0, 0.05) is 12.6 Å². The van der Waals surface area contributed by atoms with Crippen LogP contribution in [0.2, 0.25) is 5.02 Å². The van der Waals surface area contributed by atoms with Gasteiger partial charge in [-0.05, 0) is 25.2 Å². The van der Waals surface area contributed by atoms with Gasteiger partial charge < -0.3 is 9.64 Å². The molecule has 2 atom stereocenters. The van der Waals surface area contributed by atoms with Gasteiger partial charge in [0.1, 0.15) is 5.02 Å². The minimum atomic E-state index is 0.391. The van der Waals surface area contributed by atoms with Crippen LogP contribution in [0, 0.1) is 5.92 Å². The summed E-state index contributed by atoms with van der Waals surface area (Å²) < 4.78 is 5.04. The van der Waals surface area contributed by atoms with Crippen LogP contribution in [0.4, 0.5) is 5.82 Å². The van der Waals surface area contributed by atoms with Crippen LogP contribution in [0.25, 0.3) is 0 Å². The molecule has 1 aromatic rings. The van der Waals surface area contributed by atoms with E-state index in [0.29, 0.717) is 17.1 Å². The highest BCUT2D eigenvalue weighted by Gasteiger charge is 2.39. The van der Waals surface area contributed by atoms with E-state index >= 15 is 0 Å². The Kier molecular flexibility index (Phi) is 2.39. The van der Waals surface area contributed by atoms with Gasteiger partial charge in [0.05, 0.1) is 13.3 Å². The molecular formula is C11H14ClN3O. The normalized spacial score (nSPS) is 27.5. The predicted octanol–water partition coefficient (Wildman–Crippen LogP) is 2.13. The summed E-state index contributed by atoms with van der Waals surface area (Å²) in [7, 11) is 1.57. The van der Waals surface area contributed by atoms with Crippen molar-refractivity contribution in [2.45, 2.75) is 25.3 Å². The van der Waals surface area contributed by atoms with E-state index in [0.717, 1.165) is 18.3 Å². The minimum Gasteiger partial charge on any atom is -0.467 e. The molecule has 1 saturated heterocycles. The molecule has 1 aliphatic heterocycles. The van der Waals surface area contributed by atoms with E-state index in [1.54, 1.807) is 13.3 Å².